The Morgan fingerprint density at radius 1 is 1.22 bits per heavy atom. The van der Waals surface area contributed by atoms with Crippen molar-refractivity contribution in [2.75, 3.05) is 6.54 Å². The van der Waals surface area contributed by atoms with Crippen LogP contribution in [-0.4, -0.2) is 54.4 Å². The molecule has 27 heavy (non-hydrogen) atoms. The molecule has 8 nitrogen and oxygen atoms in total. The van der Waals surface area contributed by atoms with Gasteiger partial charge in [0, 0.05) is 29.7 Å². The monoisotopic (exact) mass is 365 g/mol. The molecule has 0 aliphatic carbocycles. The number of fused-ring (bicyclic) bond motifs is 1. The lowest BCUT2D eigenvalue weighted by molar-refractivity contribution is -0.143. The molecule has 138 valence electrons. The van der Waals surface area contributed by atoms with Crippen molar-refractivity contribution in [2.45, 2.75) is 32.2 Å². The Morgan fingerprint density at radius 2 is 2.07 bits per heavy atom. The molecule has 1 aliphatic heterocycles. The van der Waals surface area contributed by atoms with Crippen LogP contribution in [0.4, 0.5) is 0 Å². The predicted octanol–water partition coefficient (Wildman–Crippen LogP) is 2.20. The van der Waals surface area contributed by atoms with E-state index in [-0.39, 0.29) is 11.6 Å². The lowest BCUT2D eigenvalue weighted by Gasteiger charge is -2.32. The second-order valence-electron chi connectivity index (χ2n) is 6.66. The average molecular weight is 365 g/mol. The summed E-state index contributed by atoms with van der Waals surface area (Å²) in [7, 11) is 0. The van der Waals surface area contributed by atoms with Gasteiger partial charge in [0.15, 0.2) is 5.69 Å². The van der Waals surface area contributed by atoms with E-state index in [2.05, 4.69) is 15.3 Å². The number of benzene rings is 1. The van der Waals surface area contributed by atoms with Crippen molar-refractivity contribution in [3.05, 3.63) is 48.0 Å². The molecule has 3 heterocycles. The number of aliphatic carboxylic acids is 1. The third-order valence-electron chi connectivity index (χ3n) is 5.03. The summed E-state index contributed by atoms with van der Waals surface area (Å²) < 4.78 is 1.62. The summed E-state index contributed by atoms with van der Waals surface area (Å²) in [5.74, 6) is -1.36. The molecule has 1 aliphatic rings. The Balaban J connectivity index is 1.74. The number of carboxylic acids is 1. The van der Waals surface area contributed by atoms with E-state index in [1.54, 1.807) is 24.0 Å². The number of hydrogen-bond acceptors (Lipinski definition) is 5. The fraction of sp³-hybridized carbons (Fsp3) is 0.316. The van der Waals surface area contributed by atoms with Gasteiger partial charge in [-0.25, -0.2) is 9.48 Å². The maximum Gasteiger partial charge on any atom is 0.326 e. The lowest BCUT2D eigenvalue weighted by Crippen LogP contribution is -2.48. The van der Waals surface area contributed by atoms with Crippen LogP contribution >= 0.6 is 0 Å². The maximum absolute atomic E-state index is 13.0. The van der Waals surface area contributed by atoms with Crippen LogP contribution in [0.5, 0.6) is 0 Å². The third-order valence-corrected chi connectivity index (χ3v) is 5.03. The molecule has 0 bridgehead atoms. The molecule has 0 unspecified atom stereocenters. The number of carbonyl (C=O) groups is 2. The molecule has 0 radical (unpaired) electrons. The number of amides is 1. The van der Waals surface area contributed by atoms with Gasteiger partial charge in [-0.3, -0.25) is 9.78 Å². The number of carbonyl (C=O) groups excluding carboxylic acids is 1. The first kappa shape index (κ1) is 17.1. The number of hydrogen-bond donors (Lipinski definition) is 1. The second-order valence-corrected chi connectivity index (χ2v) is 6.66. The molecule has 2 aromatic heterocycles. The summed E-state index contributed by atoms with van der Waals surface area (Å²) in [6, 6.07) is 6.83. The van der Waals surface area contributed by atoms with Crippen molar-refractivity contribution in [3.8, 4) is 5.69 Å². The zero-order valence-electron chi connectivity index (χ0n) is 14.9. The fourth-order valence-corrected chi connectivity index (χ4v) is 3.61. The van der Waals surface area contributed by atoms with Gasteiger partial charge in [-0.1, -0.05) is 17.3 Å². The molecule has 1 amide bonds. The van der Waals surface area contributed by atoms with Crippen LogP contribution in [0.25, 0.3) is 16.5 Å². The minimum atomic E-state index is -0.977. The first-order chi connectivity index (χ1) is 13.1. The molecule has 1 saturated heterocycles. The summed E-state index contributed by atoms with van der Waals surface area (Å²) in [5, 5.41) is 19.6. The number of aromatic nitrogens is 4. The van der Waals surface area contributed by atoms with Crippen LogP contribution in [0.15, 0.2) is 36.7 Å². The topological polar surface area (TPSA) is 101 Å². The number of nitrogens with zero attached hydrogens (tertiary/aromatic N) is 5. The minimum absolute atomic E-state index is 0.189. The predicted molar refractivity (Wildman–Crippen MR) is 97.7 cm³/mol. The van der Waals surface area contributed by atoms with Crippen LogP contribution in [0.2, 0.25) is 0 Å². The maximum atomic E-state index is 13.0. The normalized spacial score (nSPS) is 17.2. The van der Waals surface area contributed by atoms with Crippen LogP contribution in [0.1, 0.15) is 35.4 Å². The first-order valence-electron chi connectivity index (χ1n) is 8.87. The van der Waals surface area contributed by atoms with Gasteiger partial charge in [-0.15, -0.1) is 5.10 Å². The van der Waals surface area contributed by atoms with Crippen molar-refractivity contribution >= 4 is 22.6 Å². The average Bonchev–Trinajstić information content (AvgIpc) is 3.08. The third kappa shape index (κ3) is 2.92. The Labute approximate surface area is 155 Å². The number of likely N-dealkylation sites (tertiary alicyclic amines) is 1. The molecule has 1 fully saturated rings. The van der Waals surface area contributed by atoms with E-state index in [4.69, 9.17) is 0 Å². The van der Waals surface area contributed by atoms with Crippen molar-refractivity contribution < 1.29 is 14.7 Å². The van der Waals surface area contributed by atoms with Crippen LogP contribution in [0.3, 0.4) is 0 Å². The quantitative estimate of drug-likeness (QED) is 0.764. The summed E-state index contributed by atoms with van der Waals surface area (Å²) >= 11 is 0. The van der Waals surface area contributed by atoms with Gasteiger partial charge in [0.25, 0.3) is 5.91 Å². The molecule has 3 aromatic rings. The van der Waals surface area contributed by atoms with Crippen molar-refractivity contribution in [3.63, 3.8) is 0 Å². The minimum Gasteiger partial charge on any atom is -0.480 e. The molecule has 1 atom stereocenters. The summed E-state index contributed by atoms with van der Waals surface area (Å²) in [5.41, 5.74) is 1.57. The molecule has 4 rings (SSSR count). The fourth-order valence-electron chi connectivity index (χ4n) is 3.61. The number of piperidine rings is 1. The number of carboxylic acid groups (broad SMARTS) is 1. The highest BCUT2D eigenvalue weighted by atomic mass is 16.4. The summed E-state index contributed by atoms with van der Waals surface area (Å²) in [6.07, 6.45) is 5.53. The van der Waals surface area contributed by atoms with E-state index in [0.29, 0.717) is 18.7 Å². The highest BCUT2D eigenvalue weighted by Gasteiger charge is 2.34. The van der Waals surface area contributed by atoms with Crippen LogP contribution in [0, 0.1) is 6.92 Å². The Bertz CT molecular complexity index is 1020. The molecule has 0 saturated carbocycles. The van der Waals surface area contributed by atoms with E-state index in [1.165, 1.54) is 4.90 Å². The zero-order chi connectivity index (χ0) is 19.0. The summed E-state index contributed by atoms with van der Waals surface area (Å²) in [6.45, 7) is 2.19. The van der Waals surface area contributed by atoms with E-state index in [9.17, 15) is 14.7 Å². The largest absolute Gasteiger partial charge is 0.480 e. The van der Waals surface area contributed by atoms with E-state index in [1.807, 2.05) is 24.3 Å². The zero-order valence-corrected chi connectivity index (χ0v) is 14.9. The van der Waals surface area contributed by atoms with Gasteiger partial charge in [-0.05, 0) is 38.3 Å². The molecule has 8 heteroatoms. The van der Waals surface area contributed by atoms with Crippen LogP contribution in [-0.2, 0) is 4.79 Å². The Kier molecular flexibility index (Phi) is 4.31. The second kappa shape index (κ2) is 6.79. The van der Waals surface area contributed by atoms with Gasteiger partial charge >= 0.3 is 5.97 Å². The SMILES string of the molecule is Cc1c(C(=O)N2CCCC[C@@H]2C(=O)O)nnn1-c1cccc2cnccc12. The summed E-state index contributed by atoms with van der Waals surface area (Å²) in [4.78, 5) is 30.0. The van der Waals surface area contributed by atoms with Crippen molar-refractivity contribution in [1.29, 1.82) is 0 Å². The smallest absolute Gasteiger partial charge is 0.326 e. The van der Waals surface area contributed by atoms with E-state index >= 15 is 0 Å². The number of pyridine rings is 1. The molecule has 0 spiro atoms. The van der Waals surface area contributed by atoms with Gasteiger partial charge in [0.2, 0.25) is 0 Å². The van der Waals surface area contributed by atoms with Gasteiger partial charge in [-0.2, -0.15) is 0 Å². The molecule has 1 aromatic carbocycles. The number of rotatable bonds is 3. The molecular weight excluding hydrogens is 346 g/mol. The van der Waals surface area contributed by atoms with Gasteiger partial charge in [0.05, 0.1) is 11.4 Å². The van der Waals surface area contributed by atoms with E-state index < -0.39 is 12.0 Å². The highest BCUT2D eigenvalue weighted by molar-refractivity contribution is 5.96. The highest BCUT2D eigenvalue weighted by Crippen LogP contribution is 2.24. The standard InChI is InChI=1S/C19H19N5O3/c1-12-17(18(25)23-10-3-2-6-16(23)19(26)27)21-22-24(12)15-7-4-5-13-11-20-9-8-14(13)15/h4-5,7-9,11,16H,2-3,6,10H2,1H3,(H,26,27)/t16-/m1/s1. The van der Waals surface area contributed by atoms with Gasteiger partial charge < -0.3 is 10.0 Å². The van der Waals surface area contributed by atoms with Crippen LogP contribution < -0.4 is 0 Å². The van der Waals surface area contributed by atoms with Gasteiger partial charge in [0.1, 0.15) is 6.04 Å². The van der Waals surface area contributed by atoms with Crippen molar-refractivity contribution in [1.82, 2.24) is 24.9 Å². The first-order valence-corrected chi connectivity index (χ1v) is 8.87. The molecule has 1 N–H and O–H groups in total. The lowest BCUT2D eigenvalue weighted by atomic mass is 10.0. The Morgan fingerprint density at radius 3 is 2.89 bits per heavy atom. The van der Waals surface area contributed by atoms with Crippen molar-refractivity contribution in [2.24, 2.45) is 0 Å². The Hall–Kier alpha value is -3.29. The van der Waals surface area contributed by atoms with E-state index in [0.717, 1.165) is 29.3 Å². The molecular formula is C19H19N5O3.